The van der Waals surface area contributed by atoms with Crippen LogP contribution in [0.1, 0.15) is 24.2 Å². The number of anilines is 1. The average molecular weight is 410 g/mol. The molecule has 0 saturated carbocycles. The van der Waals surface area contributed by atoms with Crippen LogP contribution in [0.5, 0.6) is 0 Å². The molecule has 1 N–H and O–H groups in total. The van der Waals surface area contributed by atoms with Gasteiger partial charge in [-0.1, -0.05) is 0 Å². The van der Waals surface area contributed by atoms with E-state index in [2.05, 4.69) is 4.72 Å². The van der Waals surface area contributed by atoms with Gasteiger partial charge in [-0.05, 0) is 56.3 Å². The fraction of sp³-hybridized carbons (Fsp3) is 0.316. The van der Waals surface area contributed by atoms with Crippen LogP contribution in [0.4, 0.5) is 14.5 Å². The molecule has 3 rings (SSSR count). The molecule has 0 spiro atoms. The first-order chi connectivity index (χ1) is 13.2. The third-order valence-electron chi connectivity index (χ3n) is 4.29. The van der Waals surface area contributed by atoms with Gasteiger partial charge in [0.25, 0.3) is 15.9 Å². The molecule has 2 aromatic carbocycles. The summed E-state index contributed by atoms with van der Waals surface area (Å²) < 4.78 is 58.8. The molecule has 9 heteroatoms. The number of carbonyl (C=O) groups excluding carboxylic acids is 1. The molecule has 0 radical (unpaired) electrons. The van der Waals surface area contributed by atoms with Crippen molar-refractivity contribution in [3.8, 4) is 0 Å². The van der Waals surface area contributed by atoms with E-state index in [1.54, 1.807) is 4.90 Å². The Morgan fingerprint density at radius 3 is 2.21 bits per heavy atom. The van der Waals surface area contributed by atoms with E-state index in [4.69, 9.17) is 4.74 Å². The number of carbonyl (C=O) groups is 1. The Bertz CT molecular complexity index is 970. The molecule has 1 aliphatic rings. The van der Waals surface area contributed by atoms with Gasteiger partial charge in [-0.15, -0.1) is 0 Å². The Morgan fingerprint density at radius 2 is 1.64 bits per heavy atom. The lowest BCUT2D eigenvalue weighted by Gasteiger charge is -2.35. The van der Waals surface area contributed by atoms with Gasteiger partial charge in [0.2, 0.25) is 0 Å². The zero-order valence-corrected chi connectivity index (χ0v) is 16.2. The molecule has 28 heavy (non-hydrogen) atoms. The first-order valence-corrected chi connectivity index (χ1v) is 10.2. The quantitative estimate of drug-likeness (QED) is 0.841. The summed E-state index contributed by atoms with van der Waals surface area (Å²) in [6, 6.07) is 8.23. The van der Waals surface area contributed by atoms with E-state index in [1.165, 1.54) is 24.3 Å². The highest BCUT2D eigenvalue weighted by atomic mass is 32.2. The molecular weight excluding hydrogens is 390 g/mol. The van der Waals surface area contributed by atoms with Gasteiger partial charge in [0, 0.05) is 24.3 Å². The van der Waals surface area contributed by atoms with Gasteiger partial charge in [-0.25, -0.2) is 17.2 Å². The molecule has 1 saturated heterocycles. The van der Waals surface area contributed by atoms with Gasteiger partial charge in [-0.3, -0.25) is 9.52 Å². The van der Waals surface area contributed by atoms with Crippen molar-refractivity contribution in [2.45, 2.75) is 31.0 Å². The number of sulfonamides is 1. The molecule has 2 atom stereocenters. The number of amides is 1. The molecule has 1 amide bonds. The number of benzene rings is 2. The number of hydrogen-bond donors (Lipinski definition) is 1. The zero-order valence-electron chi connectivity index (χ0n) is 15.4. The second kappa shape index (κ2) is 7.84. The molecule has 1 aliphatic heterocycles. The van der Waals surface area contributed by atoms with Crippen LogP contribution < -0.4 is 4.72 Å². The van der Waals surface area contributed by atoms with E-state index in [1.807, 2.05) is 13.8 Å². The number of halogens is 2. The van der Waals surface area contributed by atoms with E-state index in [0.29, 0.717) is 24.7 Å². The van der Waals surface area contributed by atoms with Gasteiger partial charge in [-0.2, -0.15) is 0 Å². The van der Waals surface area contributed by atoms with E-state index in [-0.39, 0.29) is 23.8 Å². The highest BCUT2D eigenvalue weighted by Crippen LogP contribution is 2.20. The standard InChI is InChI=1S/C19H20F2N2O4S/c1-12-10-23(11-13(2)27-12)19(24)14-3-5-15(6-4-14)22-28(25,26)16-7-8-17(20)18(21)9-16/h3-9,12-13,22H,10-11H2,1-2H3/t12-,13-/m1/s1. The van der Waals surface area contributed by atoms with Crippen LogP contribution in [0.3, 0.4) is 0 Å². The summed E-state index contributed by atoms with van der Waals surface area (Å²) in [5.41, 5.74) is 0.613. The number of rotatable bonds is 4. The van der Waals surface area contributed by atoms with E-state index in [9.17, 15) is 22.0 Å². The zero-order chi connectivity index (χ0) is 20.5. The van der Waals surface area contributed by atoms with Gasteiger partial charge >= 0.3 is 0 Å². The Balaban J connectivity index is 1.73. The van der Waals surface area contributed by atoms with Gasteiger partial charge in [0.15, 0.2) is 11.6 Å². The monoisotopic (exact) mass is 410 g/mol. The Labute approximate surface area is 162 Å². The number of hydrogen-bond acceptors (Lipinski definition) is 4. The molecular formula is C19H20F2N2O4S. The summed E-state index contributed by atoms with van der Waals surface area (Å²) in [5.74, 6) is -2.55. The minimum atomic E-state index is -4.09. The van der Waals surface area contributed by atoms with Crippen molar-refractivity contribution < 1.29 is 26.7 Å². The largest absolute Gasteiger partial charge is 0.372 e. The number of nitrogens with zero attached hydrogens (tertiary/aromatic N) is 1. The number of morpholine rings is 1. The predicted molar refractivity (Wildman–Crippen MR) is 99.5 cm³/mol. The van der Waals surface area contributed by atoms with Gasteiger partial charge in [0.1, 0.15) is 0 Å². The summed E-state index contributed by atoms with van der Waals surface area (Å²) in [4.78, 5) is 13.9. The normalized spacial score (nSPS) is 20.1. The Hall–Kier alpha value is -2.52. The second-order valence-electron chi connectivity index (χ2n) is 6.73. The molecule has 150 valence electrons. The van der Waals surface area contributed by atoms with Crippen molar-refractivity contribution in [3.63, 3.8) is 0 Å². The molecule has 0 aromatic heterocycles. The van der Waals surface area contributed by atoms with E-state index >= 15 is 0 Å². The van der Waals surface area contributed by atoms with Crippen molar-refractivity contribution in [2.75, 3.05) is 17.8 Å². The summed E-state index contributed by atoms with van der Waals surface area (Å²) in [6.45, 7) is 4.75. The van der Waals surface area contributed by atoms with Crippen LogP contribution >= 0.6 is 0 Å². The molecule has 0 unspecified atom stereocenters. The number of nitrogens with one attached hydrogen (secondary N) is 1. The molecule has 6 nitrogen and oxygen atoms in total. The fourth-order valence-electron chi connectivity index (χ4n) is 3.07. The van der Waals surface area contributed by atoms with Gasteiger partial charge < -0.3 is 9.64 Å². The van der Waals surface area contributed by atoms with Crippen LogP contribution in [0.15, 0.2) is 47.4 Å². The first-order valence-electron chi connectivity index (χ1n) is 8.68. The highest BCUT2D eigenvalue weighted by Gasteiger charge is 2.26. The van der Waals surface area contributed by atoms with Crippen LogP contribution in [0.2, 0.25) is 0 Å². The summed E-state index contributed by atoms with van der Waals surface area (Å²) in [7, 11) is -4.09. The fourth-order valence-corrected chi connectivity index (χ4v) is 4.14. The molecule has 0 bridgehead atoms. The summed E-state index contributed by atoms with van der Waals surface area (Å²) in [5, 5.41) is 0. The van der Waals surface area contributed by atoms with Crippen molar-refractivity contribution in [1.82, 2.24) is 4.90 Å². The molecule has 1 fully saturated rings. The maximum atomic E-state index is 13.3. The average Bonchev–Trinajstić information content (AvgIpc) is 2.63. The third-order valence-corrected chi connectivity index (χ3v) is 5.67. The highest BCUT2D eigenvalue weighted by molar-refractivity contribution is 7.92. The maximum Gasteiger partial charge on any atom is 0.261 e. The summed E-state index contributed by atoms with van der Waals surface area (Å²) in [6.07, 6.45) is -0.121. The predicted octanol–water partition coefficient (Wildman–Crippen LogP) is 3.02. The van der Waals surface area contributed by atoms with Crippen LogP contribution in [0, 0.1) is 11.6 Å². The minimum absolute atomic E-state index is 0.0603. The van der Waals surface area contributed by atoms with Crippen LogP contribution in [-0.2, 0) is 14.8 Å². The molecule has 1 heterocycles. The van der Waals surface area contributed by atoms with Crippen molar-refractivity contribution in [2.24, 2.45) is 0 Å². The van der Waals surface area contributed by atoms with Crippen molar-refractivity contribution in [3.05, 3.63) is 59.7 Å². The first kappa shape index (κ1) is 20.2. The second-order valence-corrected chi connectivity index (χ2v) is 8.41. The van der Waals surface area contributed by atoms with E-state index < -0.39 is 26.6 Å². The maximum absolute atomic E-state index is 13.3. The lowest BCUT2D eigenvalue weighted by atomic mass is 10.1. The van der Waals surface area contributed by atoms with Crippen LogP contribution in [-0.4, -0.2) is 44.5 Å². The topological polar surface area (TPSA) is 75.7 Å². The Kier molecular flexibility index (Phi) is 5.66. The van der Waals surface area contributed by atoms with Crippen molar-refractivity contribution in [1.29, 1.82) is 0 Å². The smallest absolute Gasteiger partial charge is 0.261 e. The molecule has 0 aliphatic carbocycles. The number of ether oxygens (including phenoxy) is 1. The molecule has 2 aromatic rings. The minimum Gasteiger partial charge on any atom is -0.372 e. The van der Waals surface area contributed by atoms with E-state index in [0.717, 1.165) is 12.1 Å². The summed E-state index contributed by atoms with van der Waals surface area (Å²) >= 11 is 0. The van der Waals surface area contributed by atoms with Crippen molar-refractivity contribution >= 4 is 21.6 Å². The SMILES string of the molecule is C[C@@H]1CN(C(=O)c2ccc(NS(=O)(=O)c3ccc(F)c(F)c3)cc2)C[C@@H](C)O1. The lowest BCUT2D eigenvalue weighted by molar-refractivity contribution is -0.0586. The van der Waals surface area contributed by atoms with Gasteiger partial charge in [0.05, 0.1) is 17.1 Å². The van der Waals surface area contributed by atoms with Crippen LogP contribution in [0.25, 0.3) is 0 Å². The lowest BCUT2D eigenvalue weighted by Crippen LogP contribution is -2.48. The third kappa shape index (κ3) is 4.48. The Morgan fingerprint density at radius 1 is 1.04 bits per heavy atom.